The van der Waals surface area contributed by atoms with E-state index in [0.29, 0.717) is 6.04 Å². The molecule has 0 aliphatic rings. The molecule has 0 aromatic carbocycles. The van der Waals surface area contributed by atoms with Gasteiger partial charge in [-0.05, 0) is 19.8 Å². The molecule has 0 spiro atoms. The lowest BCUT2D eigenvalue weighted by Gasteiger charge is -2.20. The van der Waals surface area contributed by atoms with Gasteiger partial charge < -0.3 is 4.74 Å². The summed E-state index contributed by atoms with van der Waals surface area (Å²) in [5, 5.41) is 3.19. The summed E-state index contributed by atoms with van der Waals surface area (Å²) in [6.45, 7) is 9.35. The minimum atomic E-state index is -0.383. The smallest absolute Gasteiger partial charge is 0.331 e. The molecule has 1 N–H and O–H groups in total. The summed E-state index contributed by atoms with van der Waals surface area (Å²) < 4.78 is 4.97. The van der Waals surface area contributed by atoms with Crippen molar-refractivity contribution < 1.29 is 9.53 Å². The highest BCUT2D eigenvalue weighted by Gasteiger charge is 2.10. The zero-order valence-corrected chi connectivity index (χ0v) is 8.67. The van der Waals surface area contributed by atoms with Crippen LogP contribution in [0, 0.1) is 0 Å². The lowest BCUT2D eigenvalue weighted by Crippen LogP contribution is -2.38. The molecule has 0 heterocycles. The molecule has 0 radical (unpaired) electrons. The van der Waals surface area contributed by atoms with E-state index < -0.39 is 0 Å². The van der Waals surface area contributed by atoms with Gasteiger partial charge in [-0.25, -0.2) is 4.79 Å². The molecule has 0 aliphatic carbocycles. The van der Waals surface area contributed by atoms with Crippen LogP contribution < -0.4 is 5.32 Å². The molecule has 0 fully saturated rings. The first-order chi connectivity index (χ1) is 6.13. The summed E-state index contributed by atoms with van der Waals surface area (Å²) in [4.78, 5) is 10.8. The predicted molar refractivity (Wildman–Crippen MR) is 53.3 cm³/mol. The molecule has 1 unspecified atom stereocenters. The molecule has 0 saturated heterocycles. The normalized spacial score (nSPS) is 12.6. The fourth-order valence-electron chi connectivity index (χ4n) is 1.11. The topological polar surface area (TPSA) is 38.3 Å². The maximum Gasteiger partial charge on any atom is 0.331 e. The highest BCUT2D eigenvalue weighted by Crippen LogP contribution is 1.99. The minimum Gasteiger partial charge on any atom is -0.444 e. The van der Waals surface area contributed by atoms with Crippen molar-refractivity contribution >= 4 is 5.97 Å². The molecule has 0 saturated carbocycles. The van der Waals surface area contributed by atoms with E-state index in [1.54, 1.807) is 0 Å². The van der Waals surface area contributed by atoms with Crippen molar-refractivity contribution in [3.8, 4) is 0 Å². The summed E-state index contributed by atoms with van der Waals surface area (Å²) in [6, 6.07) is 0.410. The van der Waals surface area contributed by atoms with Gasteiger partial charge in [0.05, 0.1) is 0 Å². The van der Waals surface area contributed by atoms with Crippen LogP contribution in [0.5, 0.6) is 0 Å². The third-order valence-corrected chi connectivity index (χ3v) is 1.92. The van der Waals surface area contributed by atoms with Crippen LogP contribution >= 0.6 is 0 Å². The lowest BCUT2D eigenvalue weighted by atomic mass is 10.2. The standard InChI is InChI=1S/C10H19NO2/c1-5-9(6-2)11-8(4)13-10(12)7-3/h7-9,11H,3,5-6H2,1-2,4H3. The van der Waals surface area contributed by atoms with Crippen molar-refractivity contribution in [2.24, 2.45) is 0 Å². The van der Waals surface area contributed by atoms with Crippen molar-refractivity contribution in [1.82, 2.24) is 5.32 Å². The minimum absolute atomic E-state index is 0.240. The molecule has 0 aromatic heterocycles. The Labute approximate surface area is 80.2 Å². The van der Waals surface area contributed by atoms with Gasteiger partial charge in [0.25, 0.3) is 0 Å². The summed E-state index contributed by atoms with van der Waals surface area (Å²) in [5.41, 5.74) is 0. The van der Waals surface area contributed by atoms with Gasteiger partial charge in [0.15, 0.2) is 6.23 Å². The number of carbonyl (C=O) groups excluding carboxylic acids is 1. The molecule has 0 aliphatic heterocycles. The number of rotatable bonds is 6. The third-order valence-electron chi connectivity index (χ3n) is 1.92. The number of carbonyl (C=O) groups is 1. The summed E-state index contributed by atoms with van der Waals surface area (Å²) in [5.74, 6) is -0.383. The molecule has 13 heavy (non-hydrogen) atoms. The van der Waals surface area contributed by atoms with Crippen molar-refractivity contribution in [2.45, 2.75) is 45.9 Å². The fraction of sp³-hybridized carbons (Fsp3) is 0.700. The first-order valence-corrected chi connectivity index (χ1v) is 4.73. The first-order valence-electron chi connectivity index (χ1n) is 4.73. The van der Waals surface area contributed by atoms with Crippen LogP contribution in [-0.2, 0) is 9.53 Å². The van der Waals surface area contributed by atoms with E-state index in [2.05, 4.69) is 25.7 Å². The van der Waals surface area contributed by atoms with Crippen LogP contribution in [0.25, 0.3) is 0 Å². The first kappa shape index (κ1) is 12.2. The molecule has 0 aromatic rings. The molecule has 0 amide bonds. The van der Waals surface area contributed by atoms with Crippen molar-refractivity contribution in [2.75, 3.05) is 0 Å². The number of ether oxygens (including phenoxy) is 1. The Kier molecular flexibility index (Phi) is 6.24. The SMILES string of the molecule is C=CC(=O)OC(C)NC(CC)CC. The Morgan fingerprint density at radius 3 is 2.46 bits per heavy atom. The van der Waals surface area contributed by atoms with Gasteiger partial charge in [0.1, 0.15) is 0 Å². The largest absolute Gasteiger partial charge is 0.444 e. The second kappa shape index (κ2) is 6.66. The molecular formula is C10H19NO2. The summed E-state index contributed by atoms with van der Waals surface area (Å²) in [7, 11) is 0. The monoisotopic (exact) mass is 185 g/mol. The second-order valence-electron chi connectivity index (χ2n) is 2.96. The molecule has 0 bridgehead atoms. The Bertz CT molecular complexity index is 164. The molecule has 3 nitrogen and oxygen atoms in total. The van der Waals surface area contributed by atoms with E-state index in [9.17, 15) is 4.79 Å². The van der Waals surface area contributed by atoms with Crippen LogP contribution in [0.15, 0.2) is 12.7 Å². The molecule has 76 valence electrons. The van der Waals surface area contributed by atoms with E-state index in [1.165, 1.54) is 6.08 Å². The van der Waals surface area contributed by atoms with Gasteiger partial charge >= 0.3 is 5.97 Å². The van der Waals surface area contributed by atoms with Crippen molar-refractivity contribution in [1.29, 1.82) is 0 Å². The van der Waals surface area contributed by atoms with Gasteiger partial charge in [0.2, 0.25) is 0 Å². The molecule has 3 heteroatoms. The second-order valence-corrected chi connectivity index (χ2v) is 2.96. The van der Waals surface area contributed by atoms with Gasteiger partial charge in [-0.2, -0.15) is 0 Å². The average Bonchev–Trinajstić information content (AvgIpc) is 2.13. The Balaban J connectivity index is 3.77. The van der Waals surface area contributed by atoms with Crippen LogP contribution in [-0.4, -0.2) is 18.2 Å². The molecule has 0 rings (SSSR count). The highest BCUT2D eigenvalue weighted by molar-refractivity contribution is 5.81. The van der Waals surface area contributed by atoms with Crippen molar-refractivity contribution in [3.05, 3.63) is 12.7 Å². The predicted octanol–water partition coefficient (Wildman–Crippen LogP) is 1.84. The van der Waals surface area contributed by atoms with Crippen LogP contribution in [0.1, 0.15) is 33.6 Å². The highest BCUT2D eigenvalue weighted by atomic mass is 16.6. The van der Waals surface area contributed by atoms with Crippen LogP contribution in [0.3, 0.4) is 0 Å². The van der Waals surface area contributed by atoms with E-state index in [1.807, 2.05) is 6.92 Å². The summed E-state index contributed by atoms with van der Waals surface area (Å²) in [6.07, 6.45) is 3.00. The number of nitrogens with one attached hydrogen (secondary N) is 1. The molecule has 1 atom stereocenters. The quantitative estimate of drug-likeness (QED) is 0.390. The Hall–Kier alpha value is -0.830. The van der Waals surface area contributed by atoms with Gasteiger partial charge in [-0.15, -0.1) is 0 Å². The van der Waals surface area contributed by atoms with Gasteiger partial charge in [-0.3, -0.25) is 5.32 Å². The zero-order valence-electron chi connectivity index (χ0n) is 8.67. The lowest BCUT2D eigenvalue weighted by molar-refractivity contribution is -0.143. The van der Waals surface area contributed by atoms with Gasteiger partial charge in [-0.1, -0.05) is 20.4 Å². The van der Waals surface area contributed by atoms with Crippen LogP contribution in [0.4, 0.5) is 0 Å². The Morgan fingerprint density at radius 2 is 2.08 bits per heavy atom. The third kappa shape index (κ3) is 5.42. The van der Waals surface area contributed by atoms with Gasteiger partial charge in [0, 0.05) is 12.1 Å². The van der Waals surface area contributed by atoms with E-state index in [4.69, 9.17) is 4.74 Å². The summed E-state index contributed by atoms with van der Waals surface area (Å²) >= 11 is 0. The van der Waals surface area contributed by atoms with Crippen molar-refractivity contribution in [3.63, 3.8) is 0 Å². The number of hydrogen-bond acceptors (Lipinski definition) is 3. The molecular weight excluding hydrogens is 166 g/mol. The fourth-order valence-corrected chi connectivity index (χ4v) is 1.11. The average molecular weight is 185 g/mol. The number of esters is 1. The zero-order chi connectivity index (χ0) is 10.3. The maximum atomic E-state index is 10.8. The van der Waals surface area contributed by atoms with E-state index in [-0.39, 0.29) is 12.2 Å². The van der Waals surface area contributed by atoms with E-state index >= 15 is 0 Å². The maximum absolute atomic E-state index is 10.8. The number of hydrogen-bond donors (Lipinski definition) is 1. The Morgan fingerprint density at radius 1 is 1.54 bits per heavy atom. The van der Waals surface area contributed by atoms with Crippen LogP contribution in [0.2, 0.25) is 0 Å². The van der Waals surface area contributed by atoms with E-state index in [0.717, 1.165) is 12.8 Å².